The molecule has 10 heteroatoms. The summed E-state index contributed by atoms with van der Waals surface area (Å²) in [6.45, 7) is 0. The normalized spacial score (nSPS) is 8.73. The maximum Gasteiger partial charge on any atom is 0.354 e. The maximum absolute atomic E-state index is 10.8. The SMILES string of the molecule is NN.NN.O=C(O)c1cccc(-c2cccc(C(=O)O)n2)n1. The Morgan fingerprint density at radius 3 is 1.32 bits per heavy atom. The molecule has 22 heavy (non-hydrogen) atoms. The van der Waals surface area contributed by atoms with Gasteiger partial charge in [0.2, 0.25) is 0 Å². The van der Waals surface area contributed by atoms with E-state index in [2.05, 4.69) is 33.3 Å². The van der Waals surface area contributed by atoms with Crippen molar-refractivity contribution in [3.8, 4) is 11.4 Å². The number of hydrazine groups is 2. The van der Waals surface area contributed by atoms with E-state index in [9.17, 15) is 9.59 Å². The molecule has 0 saturated heterocycles. The molecule has 0 aliphatic carbocycles. The van der Waals surface area contributed by atoms with Crippen LogP contribution >= 0.6 is 0 Å². The van der Waals surface area contributed by atoms with Crippen LogP contribution in [-0.2, 0) is 0 Å². The molecule has 118 valence electrons. The third kappa shape index (κ3) is 5.22. The van der Waals surface area contributed by atoms with E-state index >= 15 is 0 Å². The van der Waals surface area contributed by atoms with Gasteiger partial charge in [0.05, 0.1) is 11.4 Å². The Balaban J connectivity index is 0.00000102. The molecule has 0 aliphatic rings. The van der Waals surface area contributed by atoms with Crippen molar-refractivity contribution < 1.29 is 19.8 Å². The fraction of sp³-hybridized carbons (Fsp3) is 0. The summed E-state index contributed by atoms with van der Waals surface area (Å²) in [6.07, 6.45) is 0. The second-order valence-electron chi connectivity index (χ2n) is 3.43. The highest BCUT2D eigenvalue weighted by atomic mass is 16.4. The van der Waals surface area contributed by atoms with Crippen LogP contribution in [0.15, 0.2) is 36.4 Å². The number of pyridine rings is 2. The van der Waals surface area contributed by atoms with Gasteiger partial charge in [0.1, 0.15) is 11.4 Å². The summed E-state index contributed by atoms with van der Waals surface area (Å²) in [7, 11) is 0. The first kappa shape index (κ1) is 19.1. The Labute approximate surface area is 125 Å². The van der Waals surface area contributed by atoms with E-state index in [4.69, 9.17) is 10.2 Å². The molecule has 0 aromatic carbocycles. The molecule has 0 saturated carbocycles. The topological polar surface area (TPSA) is 204 Å². The van der Waals surface area contributed by atoms with E-state index in [-0.39, 0.29) is 11.4 Å². The first-order chi connectivity index (χ1) is 10.6. The molecule has 2 aromatic heterocycles. The Hall–Kier alpha value is -2.92. The number of carboxylic acid groups (broad SMARTS) is 2. The van der Waals surface area contributed by atoms with Gasteiger partial charge < -0.3 is 10.2 Å². The van der Waals surface area contributed by atoms with Crippen molar-refractivity contribution in [2.45, 2.75) is 0 Å². The van der Waals surface area contributed by atoms with Crippen molar-refractivity contribution >= 4 is 11.9 Å². The van der Waals surface area contributed by atoms with Gasteiger partial charge in [0.15, 0.2) is 0 Å². The number of carbonyl (C=O) groups is 2. The lowest BCUT2D eigenvalue weighted by Crippen LogP contribution is -2.03. The van der Waals surface area contributed by atoms with Gasteiger partial charge in [-0.3, -0.25) is 23.4 Å². The minimum Gasteiger partial charge on any atom is -0.477 e. The largest absolute Gasteiger partial charge is 0.477 e. The van der Waals surface area contributed by atoms with Crippen molar-refractivity contribution in [1.29, 1.82) is 0 Å². The summed E-state index contributed by atoms with van der Waals surface area (Å²) in [5.41, 5.74) is 0.404. The van der Waals surface area contributed by atoms with E-state index in [1.807, 2.05) is 0 Å². The molecule has 0 bridgehead atoms. The number of rotatable bonds is 3. The first-order valence-electron chi connectivity index (χ1n) is 5.65. The zero-order chi connectivity index (χ0) is 17.1. The van der Waals surface area contributed by atoms with Crippen molar-refractivity contribution in [2.24, 2.45) is 23.4 Å². The van der Waals surface area contributed by atoms with Crippen LogP contribution < -0.4 is 23.4 Å². The van der Waals surface area contributed by atoms with E-state index in [0.717, 1.165) is 0 Å². The predicted octanol–water partition coefficient (Wildman–Crippen LogP) is -0.822. The average Bonchev–Trinajstić information content (AvgIpc) is 2.58. The summed E-state index contributed by atoms with van der Waals surface area (Å²) in [5.74, 6) is 13.7. The van der Waals surface area contributed by atoms with Gasteiger partial charge in [-0.1, -0.05) is 12.1 Å². The zero-order valence-corrected chi connectivity index (χ0v) is 11.4. The molecular formula is C12H16N6O4. The molecule has 0 spiro atoms. The molecule has 0 unspecified atom stereocenters. The quantitative estimate of drug-likeness (QED) is 0.306. The summed E-state index contributed by atoms with van der Waals surface area (Å²) in [6, 6.07) is 8.91. The second kappa shape index (κ2) is 9.90. The monoisotopic (exact) mass is 308 g/mol. The number of aromatic carboxylic acids is 2. The van der Waals surface area contributed by atoms with E-state index in [1.54, 1.807) is 12.1 Å². The Morgan fingerprint density at radius 1 is 0.727 bits per heavy atom. The van der Waals surface area contributed by atoms with Gasteiger partial charge in [-0.05, 0) is 24.3 Å². The molecule has 0 radical (unpaired) electrons. The molecule has 2 heterocycles. The van der Waals surface area contributed by atoms with Crippen molar-refractivity contribution in [2.75, 3.05) is 0 Å². The second-order valence-corrected chi connectivity index (χ2v) is 3.43. The predicted molar refractivity (Wildman–Crippen MR) is 78.1 cm³/mol. The van der Waals surface area contributed by atoms with Crippen molar-refractivity contribution in [3.63, 3.8) is 0 Å². The molecule has 0 aliphatic heterocycles. The molecule has 0 amide bonds. The summed E-state index contributed by atoms with van der Waals surface area (Å²) >= 11 is 0. The highest BCUT2D eigenvalue weighted by molar-refractivity contribution is 5.87. The number of nitrogens with two attached hydrogens (primary N) is 4. The van der Waals surface area contributed by atoms with Crippen LogP contribution in [0.2, 0.25) is 0 Å². The molecule has 2 rings (SSSR count). The van der Waals surface area contributed by atoms with E-state index in [0.29, 0.717) is 11.4 Å². The third-order valence-electron chi connectivity index (χ3n) is 2.20. The van der Waals surface area contributed by atoms with Gasteiger partial charge in [-0.25, -0.2) is 19.6 Å². The summed E-state index contributed by atoms with van der Waals surface area (Å²) < 4.78 is 0. The summed E-state index contributed by atoms with van der Waals surface area (Å²) in [5, 5.41) is 17.6. The smallest absolute Gasteiger partial charge is 0.354 e. The Bertz CT molecular complexity index is 579. The fourth-order valence-electron chi connectivity index (χ4n) is 1.39. The highest BCUT2D eigenvalue weighted by Crippen LogP contribution is 2.15. The van der Waals surface area contributed by atoms with Crippen LogP contribution in [0.25, 0.3) is 11.4 Å². The van der Waals surface area contributed by atoms with E-state index in [1.165, 1.54) is 24.3 Å². The van der Waals surface area contributed by atoms with Crippen LogP contribution in [0.5, 0.6) is 0 Å². The average molecular weight is 308 g/mol. The van der Waals surface area contributed by atoms with Crippen molar-refractivity contribution in [1.82, 2.24) is 9.97 Å². The zero-order valence-electron chi connectivity index (χ0n) is 11.4. The number of carboxylic acids is 2. The van der Waals surface area contributed by atoms with Gasteiger partial charge in [0, 0.05) is 0 Å². The van der Waals surface area contributed by atoms with Crippen LogP contribution in [0.1, 0.15) is 21.0 Å². The molecule has 2 aromatic rings. The maximum atomic E-state index is 10.8. The number of aromatic nitrogens is 2. The van der Waals surface area contributed by atoms with Crippen molar-refractivity contribution in [3.05, 3.63) is 47.8 Å². The first-order valence-corrected chi connectivity index (χ1v) is 5.65. The highest BCUT2D eigenvalue weighted by Gasteiger charge is 2.10. The number of hydrogen-bond donors (Lipinski definition) is 6. The van der Waals surface area contributed by atoms with Crippen LogP contribution in [-0.4, -0.2) is 32.1 Å². The molecule has 10 N–H and O–H groups in total. The molecular weight excluding hydrogens is 292 g/mol. The van der Waals surface area contributed by atoms with Gasteiger partial charge in [-0.2, -0.15) is 0 Å². The minimum atomic E-state index is -1.15. The fourth-order valence-corrected chi connectivity index (χ4v) is 1.39. The number of hydrogen-bond acceptors (Lipinski definition) is 8. The lowest BCUT2D eigenvalue weighted by atomic mass is 10.2. The van der Waals surface area contributed by atoms with Gasteiger partial charge >= 0.3 is 11.9 Å². The lowest BCUT2D eigenvalue weighted by Gasteiger charge is -2.02. The van der Waals surface area contributed by atoms with Crippen LogP contribution in [0.4, 0.5) is 0 Å². The molecule has 10 nitrogen and oxygen atoms in total. The third-order valence-corrected chi connectivity index (χ3v) is 2.20. The van der Waals surface area contributed by atoms with Gasteiger partial charge in [0.25, 0.3) is 0 Å². The molecule has 0 atom stereocenters. The summed E-state index contributed by atoms with van der Waals surface area (Å²) in [4.78, 5) is 29.3. The Morgan fingerprint density at radius 2 is 1.05 bits per heavy atom. The minimum absolute atomic E-state index is 0.116. The number of nitrogens with zero attached hydrogens (tertiary/aromatic N) is 2. The molecule has 0 fully saturated rings. The lowest BCUT2D eigenvalue weighted by molar-refractivity contribution is 0.0679. The standard InChI is InChI=1S/C12H8N2O4.2H4N2/c15-11(16)9-5-1-3-7(13-9)8-4-2-6-10(14-8)12(17)18;2*1-2/h1-6H,(H,15,16)(H,17,18);2*1-2H2. The van der Waals surface area contributed by atoms with Gasteiger partial charge in [-0.15, -0.1) is 0 Å². The Kier molecular flexibility index (Phi) is 8.59. The van der Waals surface area contributed by atoms with Crippen LogP contribution in [0.3, 0.4) is 0 Å². The van der Waals surface area contributed by atoms with E-state index < -0.39 is 11.9 Å². The van der Waals surface area contributed by atoms with Crippen LogP contribution in [0, 0.1) is 0 Å².